The van der Waals surface area contributed by atoms with Crippen LogP contribution in [0.3, 0.4) is 0 Å². The van der Waals surface area contributed by atoms with Gasteiger partial charge in [0.2, 0.25) is 5.95 Å². The molecule has 2 N–H and O–H groups in total. The zero-order chi connectivity index (χ0) is 22.6. The van der Waals surface area contributed by atoms with Gasteiger partial charge < -0.3 is 15.5 Å². The lowest BCUT2D eigenvalue weighted by atomic mass is 9.86. The van der Waals surface area contributed by atoms with E-state index in [-0.39, 0.29) is 11.6 Å². The van der Waals surface area contributed by atoms with Crippen LogP contribution in [0.2, 0.25) is 0 Å². The van der Waals surface area contributed by atoms with E-state index in [9.17, 15) is 18.0 Å². The number of hydrogen-bond donors (Lipinski definition) is 2. The third-order valence-corrected chi connectivity index (χ3v) is 5.55. The lowest BCUT2D eigenvalue weighted by Crippen LogP contribution is -2.34. The number of carbonyl (C=O) groups is 1. The molecule has 0 bridgehead atoms. The van der Waals surface area contributed by atoms with Crippen LogP contribution in [0.1, 0.15) is 47.2 Å². The topological polar surface area (TPSA) is 70.1 Å². The summed E-state index contributed by atoms with van der Waals surface area (Å²) in [5, 5.41) is 6.17. The second-order valence-electron chi connectivity index (χ2n) is 8.25. The summed E-state index contributed by atoms with van der Waals surface area (Å²) < 4.78 is 38.5. The average molecular weight is 435 g/mol. The molecule has 1 saturated carbocycles. The lowest BCUT2D eigenvalue weighted by molar-refractivity contribution is -0.137. The van der Waals surface area contributed by atoms with Gasteiger partial charge in [-0.05, 0) is 56.7 Å². The van der Waals surface area contributed by atoms with E-state index >= 15 is 0 Å². The van der Waals surface area contributed by atoms with Gasteiger partial charge in [-0.3, -0.25) is 4.79 Å². The number of aryl methyl sites for hydroxylation is 1. The number of benzene rings is 1. The van der Waals surface area contributed by atoms with Crippen LogP contribution >= 0.6 is 0 Å². The van der Waals surface area contributed by atoms with Gasteiger partial charge in [0.05, 0.1) is 5.56 Å². The van der Waals surface area contributed by atoms with E-state index in [0.29, 0.717) is 18.4 Å². The first-order valence-corrected chi connectivity index (χ1v) is 10.4. The van der Waals surface area contributed by atoms with E-state index in [1.165, 1.54) is 12.1 Å². The minimum Gasteiger partial charge on any atom is -0.362 e. The standard InChI is InChI=1S/C22H28F3N5O/c1-14-12-27-21(29-19(14)30(2)3)28-18-9-7-15(8-10-18)13-26-20(31)16-5-4-6-17(11-16)22(23,24)25/h4-6,11-12,15,18H,7-10,13H2,1-3H3,(H,26,31)(H,27,28,29). The smallest absolute Gasteiger partial charge is 0.362 e. The maximum Gasteiger partial charge on any atom is 0.416 e. The lowest BCUT2D eigenvalue weighted by Gasteiger charge is -2.29. The summed E-state index contributed by atoms with van der Waals surface area (Å²) in [7, 11) is 3.88. The first kappa shape index (κ1) is 22.8. The molecule has 0 aliphatic heterocycles. The summed E-state index contributed by atoms with van der Waals surface area (Å²) in [6.07, 6.45) is 0.993. The van der Waals surface area contributed by atoms with Gasteiger partial charge in [-0.2, -0.15) is 18.2 Å². The van der Waals surface area contributed by atoms with Crippen molar-refractivity contribution in [2.75, 3.05) is 30.9 Å². The number of alkyl halides is 3. The molecule has 1 aliphatic carbocycles. The number of nitrogens with zero attached hydrogens (tertiary/aromatic N) is 3. The van der Waals surface area contributed by atoms with E-state index in [4.69, 9.17) is 0 Å². The second-order valence-corrected chi connectivity index (χ2v) is 8.25. The molecule has 9 heteroatoms. The Bertz CT molecular complexity index is 908. The summed E-state index contributed by atoms with van der Waals surface area (Å²) in [5.74, 6) is 1.30. The van der Waals surface area contributed by atoms with Crippen molar-refractivity contribution in [3.8, 4) is 0 Å². The molecule has 6 nitrogen and oxygen atoms in total. The van der Waals surface area contributed by atoms with Crippen LogP contribution in [-0.4, -0.2) is 42.6 Å². The molecule has 0 atom stereocenters. The molecule has 1 aromatic carbocycles. The molecular weight excluding hydrogens is 407 g/mol. The summed E-state index contributed by atoms with van der Waals surface area (Å²) >= 11 is 0. The van der Waals surface area contributed by atoms with Crippen LogP contribution in [0.15, 0.2) is 30.5 Å². The monoisotopic (exact) mass is 435 g/mol. The summed E-state index contributed by atoms with van der Waals surface area (Å²) in [4.78, 5) is 23.2. The maximum atomic E-state index is 12.8. The van der Waals surface area contributed by atoms with Gasteiger partial charge >= 0.3 is 6.18 Å². The van der Waals surface area contributed by atoms with Gasteiger partial charge in [0.1, 0.15) is 5.82 Å². The number of amides is 1. The number of rotatable bonds is 6. The van der Waals surface area contributed by atoms with Crippen molar-refractivity contribution < 1.29 is 18.0 Å². The number of halogens is 3. The molecule has 1 aliphatic rings. The Labute approximate surface area is 180 Å². The van der Waals surface area contributed by atoms with Crippen molar-refractivity contribution in [1.29, 1.82) is 0 Å². The summed E-state index contributed by atoms with van der Waals surface area (Å²) in [5.41, 5.74) is 0.219. The fraction of sp³-hybridized carbons (Fsp3) is 0.500. The molecular formula is C22H28F3N5O. The van der Waals surface area contributed by atoms with Crippen molar-refractivity contribution in [3.05, 3.63) is 47.2 Å². The van der Waals surface area contributed by atoms with Crippen molar-refractivity contribution in [2.45, 2.75) is 44.8 Å². The van der Waals surface area contributed by atoms with E-state index in [2.05, 4.69) is 20.6 Å². The number of aromatic nitrogens is 2. The van der Waals surface area contributed by atoms with Gasteiger partial charge in [0.15, 0.2) is 0 Å². The maximum absolute atomic E-state index is 12.8. The Hall–Kier alpha value is -2.84. The second kappa shape index (κ2) is 9.53. The van der Waals surface area contributed by atoms with Crippen molar-refractivity contribution >= 4 is 17.7 Å². The fourth-order valence-corrected chi connectivity index (χ4v) is 3.82. The molecule has 2 aromatic rings. The van der Waals surface area contributed by atoms with E-state index < -0.39 is 17.6 Å². The van der Waals surface area contributed by atoms with E-state index in [1.807, 2.05) is 25.9 Å². The Kier molecular flexibility index (Phi) is 7.02. The van der Waals surface area contributed by atoms with Gasteiger partial charge in [-0.1, -0.05) is 6.07 Å². The molecule has 1 aromatic heterocycles. The average Bonchev–Trinajstić information content (AvgIpc) is 2.73. The van der Waals surface area contributed by atoms with Gasteiger partial charge in [-0.25, -0.2) is 4.98 Å². The normalized spacial score (nSPS) is 19.0. The van der Waals surface area contributed by atoms with Crippen LogP contribution in [0, 0.1) is 12.8 Å². The van der Waals surface area contributed by atoms with Crippen LogP contribution < -0.4 is 15.5 Å². The summed E-state index contributed by atoms with van der Waals surface area (Å²) in [6.45, 7) is 2.42. The van der Waals surface area contributed by atoms with Crippen LogP contribution in [0.4, 0.5) is 24.9 Å². The molecule has 1 amide bonds. The number of carbonyl (C=O) groups excluding carboxylic acids is 1. The summed E-state index contributed by atoms with van der Waals surface area (Å²) in [6, 6.07) is 4.76. The zero-order valence-corrected chi connectivity index (χ0v) is 18.0. The molecule has 0 spiro atoms. The molecule has 1 fully saturated rings. The molecule has 1 heterocycles. The first-order chi connectivity index (χ1) is 14.6. The quantitative estimate of drug-likeness (QED) is 0.709. The highest BCUT2D eigenvalue weighted by Gasteiger charge is 2.31. The highest BCUT2D eigenvalue weighted by molar-refractivity contribution is 5.94. The molecule has 31 heavy (non-hydrogen) atoms. The highest BCUT2D eigenvalue weighted by Crippen LogP contribution is 2.30. The van der Waals surface area contributed by atoms with Crippen LogP contribution in [-0.2, 0) is 6.18 Å². The molecule has 0 radical (unpaired) electrons. The number of anilines is 2. The Balaban J connectivity index is 1.47. The predicted octanol–water partition coefficient (Wildman–Crippen LogP) is 4.27. The van der Waals surface area contributed by atoms with Crippen LogP contribution in [0.5, 0.6) is 0 Å². The molecule has 0 saturated heterocycles. The van der Waals surface area contributed by atoms with Gasteiger partial charge in [0, 0.05) is 44.0 Å². The van der Waals surface area contributed by atoms with Crippen LogP contribution in [0.25, 0.3) is 0 Å². The van der Waals surface area contributed by atoms with Crippen molar-refractivity contribution in [3.63, 3.8) is 0 Å². The molecule has 0 unspecified atom stereocenters. The number of hydrogen-bond acceptors (Lipinski definition) is 5. The SMILES string of the molecule is Cc1cnc(NC2CCC(CNC(=O)c3cccc(C(F)(F)F)c3)CC2)nc1N(C)C. The third kappa shape index (κ3) is 6.08. The van der Waals surface area contributed by atoms with Gasteiger partial charge in [0.25, 0.3) is 5.91 Å². The molecule has 168 valence electrons. The predicted molar refractivity (Wildman–Crippen MR) is 114 cm³/mol. The number of nitrogens with one attached hydrogen (secondary N) is 2. The van der Waals surface area contributed by atoms with E-state index in [0.717, 1.165) is 49.2 Å². The molecule has 3 rings (SSSR count). The Morgan fingerprint density at radius 2 is 1.90 bits per heavy atom. The minimum absolute atomic E-state index is 0.0263. The van der Waals surface area contributed by atoms with Gasteiger partial charge in [-0.15, -0.1) is 0 Å². The van der Waals surface area contributed by atoms with E-state index in [1.54, 1.807) is 6.20 Å². The Morgan fingerprint density at radius 3 is 2.55 bits per heavy atom. The zero-order valence-electron chi connectivity index (χ0n) is 18.0. The van der Waals surface area contributed by atoms with Crippen molar-refractivity contribution in [1.82, 2.24) is 15.3 Å². The fourth-order valence-electron chi connectivity index (χ4n) is 3.82. The third-order valence-electron chi connectivity index (χ3n) is 5.55. The van der Waals surface area contributed by atoms with Crippen molar-refractivity contribution in [2.24, 2.45) is 5.92 Å². The Morgan fingerprint density at radius 1 is 1.19 bits per heavy atom. The minimum atomic E-state index is -4.46. The highest BCUT2D eigenvalue weighted by atomic mass is 19.4. The first-order valence-electron chi connectivity index (χ1n) is 10.4. The largest absolute Gasteiger partial charge is 0.416 e.